The minimum absolute atomic E-state index is 0.0658. The van der Waals surface area contributed by atoms with Crippen LogP contribution in [0.3, 0.4) is 0 Å². The Kier molecular flexibility index (Phi) is 4.44. The van der Waals surface area contributed by atoms with Crippen molar-refractivity contribution in [2.45, 2.75) is 18.6 Å². The molecule has 2 unspecified atom stereocenters. The van der Waals surface area contributed by atoms with Crippen molar-refractivity contribution in [3.63, 3.8) is 0 Å². The Morgan fingerprint density at radius 1 is 1.28 bits per heavy atom. The summed E-state index contributed by atoms with van der Waals surface area (Å²) in [6.07, 6.45) is 0.225. The molecule has 0 aromatic carbocycles. The molecule has 0 saturated carbocycles. The van der Waals surface area contributed by atoms with E-state index in [0.717, 1.165) is 4.57 Å². The summed E-state index contributed by atoms with van der Waals surface area (Å²) >= 11 is 0. The second kappa shape index (κ2) is 6.41. The fourth-order valence-corrected chi connectivity index (χ4v) is 3.17. The van der Waals surface area contributed by atoms with Crippen LogP contribution in [0.4, 0.5) is 0 Å². The summed E-state index contributed by atoms with van der Waals surface area (Å²) in [5.41, 5.74) is -0.630. The smallest absolute Gasteiger partial charge is 0.332 e. The van der Waals surface area contributed by atoms with Crippen molar-refractivity contribution in [2.75, 3.05) is 20.1 Å². The molecule has 134 valence electrons. The molecule has 0 spiro atoms. The number of nitrogens with one attached hydrogen (secondary N) is 1. The minimum atomic E-state index is -0.496. The predicted octanol–water partition coefficient (Wildman–Crippen LogP) is -1.57. The van der Waals surface area contributed by atoms with Crippen LogP contribution < -0.4 is 16.6 Å². The number of amides is 1. The van der Waals surface area contributed by atoms with Gasteiger partial charge in [0.25, 0.3) is 11.5 Å². The van der Waals surface area contributed by atoms with Crippen LogP contribution in [0.5, 0.6) is 0 Å². The minimum Gasteiger partial charge on any atom is -0.392 e. The third kappa shape index (κ3) is 3.08. The van der Waals surface area contributed by atoms with Crippen LogP contribution >= 0.6 is 0 Å². The summed E-state index contributed by atoms with van der Waals surface area (Å²) in [7, 11) is 4.80. The van der Waals surface area contributed by atoms with E-state index >= 15 is 0 Å². The Bertz CT molecular complexity index is 948. The van der Waals surface area contributed by atoms with Crippen LogP contribution in [0.15, 0.2) is 21.7 Å². The van der Waals surface area contributed by atoms with Crippen LogP contribution in [-0.4, -0.2) is 62.3 Å². The molecule has 1 saturated heterocycles. The number of nitrogens with zero attached hydrogens (tertiary/aromatic N) is 4. The van der Waals surface area contributed by atoms with Crippen molar-refractivity contribution in [3.05, 3.63) is 38.7 Å². The first kappa shape index (κ1) is 17.3. The van der Waals surface area contributed by atoms with Crippen molar-refractivity contribution in [3.8, 4) is 0 Å². The highest BCUT2D eigenvalue weighted by molar-refractivity contribution is 5.94. The van der Waals surface area contributed by atoms with Gasteiger partial charge in [-0.25, -0.2) is 9.78 Å². The monoisotopic (exact) mass is 347 g/mol. The van der Waals surface area contributed by atoms with Gasteiger partial charge in [0.15, 0.2) is 0 Å². The summed E-state index contributed by atoms with van der Waals surface area (Å²) in [6.45, 7) is 0.974. The highest BCUT2D eigenvalue weighted by Gasteiger charge is 2.28. The molecular weight excluding hydrogens is 326 g/mol. The summed E-state index contributed by atoms with van der Waals surface area (Å²) in [5.74, 6) is -0.384. The van der Waals surface area contributed by atoms with Gasteiger partial charge in [0.2, 0.25) is 0 Å². The van der Waals surface area contributed by atoms with Gasteiger partial charge in [-0.2, -0.15) is 0 Å². The number of carbonyl (C=O) groups excluding carboxylic acids is 1. The van der Waals surface area contributed by atoms with Crippen molar-refractivity contribution in [1.82, 2.24) is 24.3 Å². The number of likely N-dealkylation sites (tertiary alicyclic amines) is 1. The first-order chi connectivity index (χ1) is 11.8. The van der Waals surface area contributed by atoms with E-state index in [1.165, 1.54) is 30.8 Å². The molecule has 1 aliphatic rings. The number of β-amino-alcohol motifs (C(OH)–C–C–N with tert-alkyl or cyclic N) is 1. The standard InChI is InChI=1S/C16H21N5O4/c1-19-8-10(22)6-9(19)7-17-14(23)12-5-4-11-13(18-12)20(2)16(25)21(3)15(11)24/h4-5,9-10,22H,6-8H2,1-3H3,(H,17,23). The van der Waals surface area contributed by atoms with E-state index in [1.54, 1.807) is 0 Å². The van der Waals surface area contributed by atoms with Crippen molar-refractivity contribution in [1.29, 1.82) is 0 Å². The average molecular weight is 347 g/mol. The summed E-state index contributed by atoms with van der Waals surface area (Å²) in [5, 5.41) is 12.7. The number of aromatic nitrogens is 3. The number of rotatable bonds is 3. The molecule has 1 fully saturated rings. The van der Waals surface area contributed by atoms with Crippen molar-refractivity contribution < 1.29 is 9.90 Å². The number of hydrogen-bond acceptors (Lipinski definition) is 6. The van der Waals surface area contributed by atoms with Gasteiger partial charge in [0.05, 0.1) is 11.5 Å². The molecule has 1 aliphatic heterocycles. The Hall–Kier alpha value is -2.52. The van der Waals surface area contributed by atoms with Crippen LogP contribution in [-0.2, 0) is 14.1 Å². The Balaban J connectivity index is 1.85. The van der Waals surface area contributed by atoms with E-state index < -0.39 is 11.2 Å². The zero-order valence-corrected chi connectivity index (χ0v) is 14.4. The molecule has 3 rings (SSSR count). The quantitative estimate of drug-likeness (QED) is 0.694. The number of carbonyl (C=O) groups is 1. The zero-order valence-electron chi connectivity index (χ0n) is 14.4. The van der Waals surface area contributed by atoms with Gasteiger partial charge in [-0.05, 0) is 25.6 Å². The van der Waals surface area contributed by atoms with Gasteiger partial charge >= 0.3 is 5.69 Å². The van der Waals surface area contributed by atoms with Crippen LogP contribution in [0, 0.1) is 0 Å². The lowest BCUT2D eigenvalue weighted by molar-refractivity contribution is 0.0938. The Morgan fingerprint density at radius 3 is 2.64 bits per heavy atom. The lowest BCUT2D eigenvalue weighted by Crippen LogP contribution is -2.39. The van der Waals surface area contributed by atoms with E-state index in [9.17, 15) is 19.5 Å². The highest BCUT2D eigenvalue weighted by Crippen LogP contribution is 2.14. The van der Waals surface area contributed by atoms with Crippen LogP contribution in [0.25, 0.3) is 11.0 Å². The maximum Gasteiger partial charge on any atom is 0.332 e. The number of pyridine rings is 1. The highest BCUT2D eigenvalue weighted by atomic mass is 16.3. The normalized spacial score (nSPS) is 21.0. The topological polar surface area (TPSA) is 109 Å². The number of aryl methyl sites for hydroxylation is 1. The number of hydrogen-bond donors (Lipinski definition) is 2. The molecule has 1 amide bonds. The SMILES string of the molecule is CN1CC(O)CC1CNC(=O)c1ccc2c(=O)n(C)c(=O)n(C)c2n1. The van der Waals surface area contributed by atoms with Crippen LogP contribution in [0.1, 0.15) is 16.9 Å². The lowest BCUT2D eigenvalue weighted by Gasteiger charge is -2.19. The molecule has 2 aromatic rings. The molecule has 9 nitrogen and oxygen atoms in total. The summed E-state index contributed by atoms with van der Waals surface area (Å²) in [6, 6.07) is 3.04. The third-order valence-electron chi connectivity index (χ3n) is 4.70. The summed E-state index contributed by atoms with van der Waals surface area (Å²) < 4.78 is 2.25. The molecule has 3 heterocycles. The molecule has 0 bridgehead atoms. The van der Waals surface area contributed by atoms with E-state index in [0.29, 0.717) is 19.5 Å². The molecule has 9 heteroatoms. The molecule has 2 atom stereocenters. The van der Waals surface area contributed by atoms with E-state index in [2.05, 4.69) is 10.3 Å². The molecule has 25 heavy (non-hydrogen) atoms. The van der Waals surface area contributed by atoms with Gasteiger partial charge in [-0.15, -0.1) is 0 Å². The lowest BCUT2D eigenvalue weighted by atomic mass is 10.2. The number of fused-ring (bicyclic) bond motifs is 1. The van der Waals surface area contributed by atoms with Crippen LogP contribution in [0.2, 0.25) is 0 Å². The maximum absolute atomic E-state index is 12.4. The number of aliphatic hydroxyl groups is 1. The second-order valence-corrected chi connectivity index (χ2v) is 6.47. The second-order valence-electron chi connectivity index (χ2n) is 6.47. The van der Waals surface area contributed by atoms with Crippen molar-refractivity contribution in [2.24, 2.45) is 14.1 Å². The molecule has 0 aliphatic carbocycles. The van der Waals surface area contributed by atoms with Gasteiger partial charge in [0.1, 0.15) is 11.3 Å². The van der Waals surface area contributed by atoms with E-state index in [1.807, 2.05) is 11.9 Å². The van der Waals surface area contributed by atoms with Crippen molar-refractivity contribution >= 4 is 16.9 Å². The number of aliphatic hydroxyl groups excluding tert-OH is 1. The number of likely N-dealkylation sites (N-methyl/N-ethyl adjacent to an activating group) is 1. The van der Waals surface area contributed by atoms with Gasteiger partial charge in [0, 0.05) is 33.2 Å². The fourth-order valence-electron chi connectivity index (χ4n) is 3.17. The predicted molar refractivity (Wildman–Crippen MR) is 91.6 cm³/mol. The molecular formula is C16H21N5O4. The van der Waals surface area contributed by atoms with Gasteiger partial charge in [-0.3, -0.25) is 23.6 Å². The van der Waals surface area contributed by atoms with E-state index in [4.69, 9.17) is 0 Å². The molecule has 2 aromatic heterocycles. The maximum atomic E-state index is 12.4. The zero-order chi connectivity index (χ0) is 18.3. The first-order valence-electron chi connectivity index (χ1n) is 8.03. The van der Waals surface area contributed by atoms with E-state index in [-0.39, 0.29) is 34.8 Å². The third-order valence-corrected chi connectivity index (χ3v) is 4.70. The summed E-state index contributed by atoms with van der Waals surface area (Å²) in [4.78, 5) is 42.7. The van der Waals surface area contributed by atoms with Gasteiger partial charge < -0.3 is 10.4 Å². The average Bonchev–Trinajstić information content (AvgIpc) is 2.92. The Labute approximate surface area is 143 Å². The molecule has 0 radical (unpaired) electrons. The Morgan fingerprint density at radius 2 is 2.00 bits per heavy atom. The molecule has 2 N–H and O–H groups in total. The first-order valence-corrected chi connectivity index (χ1v) is 8.03. The fraction of sp³-hybridized carbons (Fsp3) is 0.500. The largest absolute Gasteiger partial charge is 0.392 e. The van der Waals surface area contributed by atoms with Gasteiger partial charge in [-0.1, -0.05) is 0 Å².